The predicted octanol–water partition coefficient (Wildman–Crippen LogP) is -1.22. The molecule has 49 heteroatoms. The molecule has 5 aromatic rings. The molecule has 5 saturated heterocycles. The fourth-order valence-corrected chi connectivity index (χ4v) is 15.6. The molecular formula is C74H120Br2N10O35Si2. The van der Waals surface area contributed by atoms with Crippen LogP contribution in [0.5, 0.6) is 0 Å². The minimum Gasteiger partial charge on any atom is -0.467 e. The molecule has 698 valence electrons. The SMILES string of the molecule is C.C.CCOC(=O)C(O)c1cn([C@@H]2O[C@H](CC)C(C)[C@@H]2O[Si](C)(C)C(C)(C)C)c(=O)[nH]c1=O.CCOC(=O)C=O.CC[C@H]1O[C@@H](n2cc(Br)c(=O)[nH]c2=O)[C@@H](O[Si](C)(C)C(C)(C)C)C1C.COC(=O)C(O)c1cn([C@@H]2O[C@H](CO)C(O)[C@@H]2O)c(=O)[nH]c1=O.O=c1[nH]c(=O)n([C@@H]2O[C@H](CO)C(O)[C@@H]2O)cc1Br.O=c1ccn([C@@H]2O[C@H](CO)C(O)[C@@H]2O)c(=O)[nH]1.[2HH]. The Bertz CT molecular complexity index is 4980. The minimum absolute atomic E-state index is 0. The van der Waals surface area contributed by atoms with Crippen LogP contribution in [-0.2, 0) is 65.9 Å². The highest BCUT2D eigenvalue weighted by molar-refractivity contribution is 9.10. The molecule has 45 nitrogen and oxygen atoms in total. The Morgan fingerprint density at radius 2 is 0.780 bits per heavy atom. The monoisotopic (exact) mass is 1920 g/mol. The van der Waals surface area contributed by atoms with Crippen molar-refractivity contribution in [3.05, 3.63) is 161 Å². The van der Waals surface area contributed by atoms with E-state index >= 15 is 0 Å². The van der Waals surface area contributed by atoms with Gasteiger partial charge in [0.2, 0.25) is 6.29 Å². The van der Waals surface area contributed by atoms with Crippen molar-refractivity contribution in [2.75, 3.05) is 40.1 Å². The second kappa shape index (κ2) is 46.6. The summed E-state index contributed by atoms with van der Waals surface area (Å²) in [5.41, 5.74) is -7.97. The van der Waals surface area contributed by atoms with Gasteiger partial charge in [-0.2, -0.15) is 0 Å². The van der Waals surface area contributed by atoms with Gasteiger partial charge in [-0.05, 0) is 94.8 Å². The number of methoxy groups -OCH3 is 1. The van der Waals surface area contributed by atoms with Crippen LogP contribution in [0.1, 0.15) is 167 Å². The van der Waals surface area contributed by atoms with Crippen LogP contribution in [0.3, 0.4) is 0 Å². The maximum atomic E-state index is 12.7. The van der Waals surface area contributed by atoms with E-state index in [2.05, 4.69) is 133 Å². The van der Waals surface area contributed by atoms with Gasteiger partial charge in [-0.1, -0.05) is 84.1 Å². The van der Waals surface area contributed by atoms with Gasteiger partial charge in [-0.3, -0.25) is 76.5 Å². The van der Waals surface area contributed by atoms with Crippen LogP contribution in [0.25, 0.3) is 0 Å². The summed E-state index contributed by atoms with van der Waals surface area (Å²) in [6, 6.07) is 1.09. The van der Waals surface area contributed by atoms with Crippen molar-refractivity contribution in [3.8, 4) is 0 Å². The molecule has 16 N–H and O–H groups in total. The Morgan fingerprint density at radius 1 is 0.480 bits per heavy atom. The molecule has 22 atom stereocenters. The summed E-state index contributed by atoms with van der Waals surface area (Å²) in [5.74, 6) is -2.73. The molecule has 0 bridgehead atoms. The topological polar surface area (TPSA) is 657 Å². The van der Waals surface area contributed by atoms with Gasteiger partial charge in [-0.25, -0.2) is 38.4 Å². The Kier molecular flexibility index (Phi) is 41.4. The van der Waals surface area contributed by atoms with Crippen LogP contribution >= 0.6 is 31.9 Å². The maximum absolute atomic E-state index is 12.7. The van der Waals surface area contributed by atoms with Gasteiger partial charge in [0, 0.05) is 50.3 Å². The zero-order valence-corrected chi connectivity index (χ0v) is 74.6. The Balaban J connectivity index is 0.000000518. The second-order valence-electron chi connectivity index (χ2n) is 31.3. The van der Waals surface area contributed by atoms with Crippen molar-refractivity contribution in [2.24, 2.45) is 11.8 Å². The molecule has 0 aliphatic carbocycles. The lowest BCUT2D eigenvalue weighted by Gasteiger charge is -2.40. The summed E-state index contributed by atoms with van der Waals surface area (Å²) in [7, 11) is -3.26. The van der Waals surface area contributed by atoms with E-state index in [1.54, 1.807) is 13.8 Å². The van der Waals surface area contributed by atoms with E-state index in [1.165, 1.54) is 21.5 Å². The number of aliphatic hydroxyl groups is 11. The molecule has 10 rings (SSSR count). The number of aromatic amines is 5. The second-order valence-corrected chi connectivity index (χ2v) is 42.5. The van der Waals surface area contributed by atoms with E-state index in [0.717, 1.165) is 53.7 Å². The lowest BCUT2D eigenvalue weighted by Crippen LogP contribution is -2.48. The number of carbonyl (C=O) groups is 4. The van der Waals surface area contributed by atoms with Crippen LogP contribution in [0.2, 0.25) is 36.3 Å². The molecule has 0 amide bonds. The largest absolute Gasteiger partial charge is 0.467 e. The number of hydrogen-bond acceptors (Lipinski definition) is 35. The summed E-state index contributed by atoms with van der Waals surface area (Å²) < 4.78 is 60.0. The van der Waals surface area contributed by atoms with E-state index in [9.17, 15) is 108 Å². The minimum atomic E-state index is -2.21. The number of carbonyl (C=O) groups excluding carboxylic acids is 4. The molecule has 10 heterocycles. The Morgan fingerprint density at radius 3 is 1.07 bits per heavy atom. The van der Waals surface area contributed by atoms with Crippen molar-refractivity contribution >= 4 is 72.7 Å². The predicted molar refractivity (Wildman–Crippen MR) is 449 cm³/mol. The summed E-state index contributed by atoms with van der Waals surface area (Å²) in [4.78, 5) is 171. The molecule has 5 fully saturated rings. The highest BCUT2D eigenvalue weighted by Gasteiger charge is 2.52. The summed E-state index contributed by atoms with van der Waals surface area (Å²) in [6.07, 6.45) is -13.5. The average molecular weight is 1930 g/mol. The van der Waals surface area contributed by atoms with Gasteiger partial charge in [0.1, 0.15) is 54.9 Å². The molecule has 0 spiro atoms. The van der Waals surface area contributed by atoms with Crippen molar-refractivity contribution in [1.82, 2.24) is 47.8 Å². The maximum Gasteiger partial charge on any atom is 0.371 e. The molecule has 5 aliphatic heterocycles. The standard InChI is InChI=1S/C21H36N2O7Si.C17H29BrN2O4Si.C12H16N2O9.C9H11BrN2O6.C9H12N2O6.C4H6O3.2CH4.H2/c1-9-14-12(3)16(30-31(7,8)21(4,5)6)18(29-14)23-11-13(17(25)22-20(23)27)15(24)19(26)28-10-2;1-8-12-10(2)13(24-25(6,7)17(3,4)5)15(23-12)20-9-11(18)14(21)19-16(20)22;1-22-11(20)6(16)4-2-14(12(21)13-9(4)19)10-8(18)7(17)5(3-15)23-10;10-3-1-12(9(17)11-7(3)16)8-6(15)5(14)4(2-13)18-8;12-3-4-6(14)7(15)8(17-4)11-2-1-5(13)10-9(11)16;1-2-7-4(6)3-5;;;/h11-12,14-16,18,24H,9-10H2,1-8H3,(H,22,25,27);9-10,12-13,15H,8H2,1-7H3,(H,19,21,22);2,5-8,10,15-18H,3H2,1H3,(H,13,19,21);1,4-6,8,13-15H,2H2,(H,11,16,17);1-2,4,6-8,12,14-15H,3H2,(H,10,13,16);3H,2H2,1H3;2*1H4;1H/t12?,14-,15?,16+,18-;10?,12-,13+,15-;5-,6?,7?,8+,10-;4-,5?,6+,8-;4-,6?,7+,8-;;;;/m11111..../s1/i;;;;;;;;1+1. The first kappa shape index (κ1) is 109. The molecule has 5 aliphatic rings. The molecule has 0 aromatic carbocycles. The van der Waals surface area contributed by atoms with Crippen molar-refractivity contribution in [3.63, 3.8) is 0 Å². The first-order chi connectivity index (χ1) is 56.2. The number of aldehydes is 1. The molecule has 5 aromatic heterocycles. The third-order valence-electron chi connectivity index (χ3n) is 21.2. The van der Waals surface area contributed by atoms with Gasteiger partial charge in [0.05, 0.1) is 84.6 Å². The number of aromatic nitrogens is 10. The normalized spacial score (nSPS) is 27.0. The van der Waals surface area contributed by atoms with Crippen molar-refractivity contribution < 1.29 is 124 Å². The average Bonchev–Trinajstić information content (AvgIpc) is 1.75. The van der Waals surface area contributed by atoms with E-state index in [1.807, 2.05) is 28.8 Å². The van der Waals surface area contributed by atoms with Crippen LogP contribution in [0.4, 0.5) is 0 Å². The van der Waals surface area contributed by atoms with Gasteiger partial charge in [-0.15, -0.1) is 0 Å². The molecule has 0 saturated carbocycles. The lowest BCUT2D eigenvalue weighted by molar-refractivity contribution is -0.153. The number of nitrogens with one attached hydrogen (secondary N) is 5. The first-order valence-electron chi connectivity index (χ1n) is 38.1. The van der Waals surface area contributed by atoms with Crippen molar-refractivity contribution in [1.29, 1.82) is 0 Å². The third kappa shape index (κ3) is 26.4. The van der Waals surface area contributed by atoms with Gasteiger partial charge in [0.25, 0.3) is 27.8 Å². The molecule has 0 radical (unpaired) electrons. The van der Waals surface area contributed by atoms with Crippen LogP contribution in [-0.4, -0.2) is 264 Å². The van der Waals surface area contributed by atoms with Crippen LogP contribution in [0, 0.1) is 11.8 Å². The number of nitrogens with zero attached hydrogens (tertiary/aromatic N) is 5. The number of halogens is 2. The van der Waals surface area contributed by atoms with E-state index in [-0.39, 0.29) is 86.0 Å². The van der Waals surface area contributed by atoms with E-state index < -0.39 is 221 Å². The van der Waals surface area contributed by atoms with E-state index in [0.29, 0.717) is 9.04 Å². The first-order valence-corrected chi connectivity index (χ1v) is 45.5. The highest BCUT2D eigenvalue weighted by atomic mass is 79.9. The van der Waals surface area contributed by atoms with Gasteiger partial charge < -0.3 is 103 Å². The Hall–Kier alpha value is -7.85. The fourth-order valence-electron chi connectivity index (χ4n) is 12.2. The highest BCUT2D eigenvalue weighted by Crippen LogP contribution is 2.46. The zero-order valence-electron chi connectivity index (χ0n) is 69.4. The number of hydrogen-bond donors (Lipinski definition) is 16. The van der Waals surface area contributed by atoms with Gasteiger partial charge in [0.15, 0.2) is 60.0 Å². The number of ether oxygens (including phenoxy) is 8. The zero-order chi connectivity index (χ0) is 91.9. The molecule has 123 heavy (non-hydrogen) atoms. The van der Waals surface area contributed by atoms with Gasteiger partial charge >= 0.3 is 46.4 Å². The molecule has 7 unspecified atom stereocenters. The summed E-state index contributed by atoms with van der Waals surface area (Å²) in [6.45, 7) is 31.8. The lowest BCUT2D eigenvalue weighted by atomic mass is 9.99. The molecular weight excluding hydrogens is 1800 g/mol. The number of aliphatic hydroxyl groups excluding tert-OH is 11. The van der Waals surface area contributed by atoms with Crippen LogP contribution in [0.15, 0.2) is 93.9 Å². The summed E-state index contributed by atoms with van der Waals surface area (Å²) in [5, 5.41) is 105. The number of rotatable bonds is 21. The fraction of sp³-hybridized carbons (Fsp3) is 0.676. The number of esters is 3. The van der Waals surface area contributed by atoms with E-state index in [4.69, 9.17) is 52.6 Å². The number of H-pyrrole nitrogens is 5. The third-order valence-corrected chi connectivity index (χ3v) is 31.3. The quantitative estimate of drug-likeness (QED) is 0.0135. The smallest absolute Gasteiger partial charge is 0.371 e. The van der Waals surface area contributed by atoms with Crippen molar-refractivity contribution in [2.45, 2.75) is 270 Å². The van der Waals surface area contributed by atoms with Crippen LogP contribution < -0.4 is 56.2 Å². The summed E-state index contributed by atoms with van der Waals surface area (Å²) >= 11 is 6.14. The Labute approximate surface area is 723 Å².